The van der Waals surface area contributed by atoms with Crippen LogP contribution in [0.5, 0.6) is 0 Å². The highest BCUT2D eigenvalue weighted by molar-refractivity contribution is 7.91. The summed E-state index contributed by atoms with van der Waals surface area (Å²) in [6, 6.07) is 2.65. The molecule has 1 amide bonds. The van der Waals surface area contributed by atoms with Crippen LogP contribution in [0, 0.1) is 0 Å². The van der Waals surface area contributed by atoms with Gasteiger partial charge in [-0.3, -0.25) is 4.79 Å². The van der Waals surface area contributed by atoms with Gasteiger partial charge in [-0.1, -0.05) is 11.6 Å². The number of hydrogen-bond donors (Lipinski definition) is 2. The predicted molar refractivity (Wildman–Crippen MR) is 123 cm³/mol. The zero-order valence-electron chi connectivity index (χ0n) is 17.8. The minimum Gasteiger partial charge on any atom is -0.349 e. The molecule has 12 heteroatoms. The molecule has 1 fully saturated rings. The predicted octanol–water partition coefficient (Wildman–Crippen LogP) is 2.00. The average Bonchev–Trinajstić information content (AvgIpc) is 3.06. The highest BCUT2D eigenvalue weighted by atomic mass is 35.5. The van der Waals surface area contributed by atoms with E-state index >= 15 is 0 Å². The first-order valence-electron chi connectivity index (χ1n) is 9.89. The number of carbonyl (C=O) groups is 1. The molecule has 172 valence electrons. The van der Waals surface area contributed by atoms with Gasteiger partial charge in [-0.05, 0) is 45.1 Å². The van der Waals surface area contributed by atoms with Gasteiger partial charge in [-0.25, -0.2) is 21.8 Å². The standard InChI is InChI=1S/C20H23ClN4O5S2/c1-25-6-4-11(5-7-25)23-20(26)14-9-15(21)16-13-8-12(31(2,27)28)10-22-19(13)24-17(16)18(14)32(3,29)30/h8-11H,4-7H2,1-3H3,(H,22,24)(H,23,26). The first-order chi connectivity index (χ1) is 14.9. The van der Waals surface area contributed by atoms with Crippen molar-refractivity contribution in [2.24, 2.45) is 0 Å². The molecule has 2 N–H and O–H groups in total. The number of aromatic amines is 1. The van der Waals surface area contributed by atoms with Crippen molar-refractivity contribution in [1.29, 1.82) is 0 Å². The van der Waals surface area contributed by atoms with Gasteiger partial charge in [0.05, 0.1) is 21.0 Å². The van der Waals surface area contributed by atoms with E-state index in [1.807, 2.05) is 7.05 Å². The lowest BCUT2D eigenvalue weighted by atomic mass is 10.0. The summed E-state index contributed by atoms with van der Waals surface area (Å²) in [5.41, 5.74) is 0.340. The van der Waals surface area contributed by atoms with E-state index in [0.29, 0.717) is 10.8 Å². The Morgan fingerprint density at radius 1 is 1.16 bits per heavy atom. The molecule has 0 atom stereocenters. The number of hydrogen-bond acceptors (Lipinski definition) is 7. The summed E-state index contributed by atoms with van der Waals surface area (Å²) < 4.78 is 49.4. The van der Waals surface area contributed by atoms with Gasteiger partial charge < -0.3 is 15.2 Å². The van der Waals surface area contributed by atoms with Crippen molar-refractivity contribution >= 4 is 59.1 Å². The Bertz CT molecular complexity index is 1460. The summed E-state index contributed by atoms with van der Waals surface area (Å²) in [6.45, 7) is 1.67. The van der Waals surface area contributed by atoms with E-state index in [2.05, 4.69) is 20.2 Å². The van der Waals surface area contributed by atoms with Crippen LogP contribution >= 0.6 is 11.6 Å². The molecular formula is C20H23ClN4O5S2. The number of rotatable bonds is 4. The van der Waals surface area contributed by atoms with Crippen molar-refractivity contribution in [2.45, 2.75) is 28.7 Å². The van der Waals surface area contributed by atoms with Crippen molar-refractivity contribution in [3.8, 4) is 0 Å². The van der Waals surface area contributed by atoms with Crippen molar-refractivity contribution in [1.82, 2.24) is 20.2 Å². The minimum absolute atomic E-state index is 0.0213. The fourth-order valence-electron chi connectivity index (χ4n) is 4.04. The van der Waals surface area contributed by atoms with Gasteiger partial charge in [0, 0.05) is 35.5 Å². The maximum Gasteiger partial charge on any atom is 0.252 e. The highest BCUT2D eigenvalue weighted by Gasteiger charge is 2.28. The zero-order valence-corrected chi connectivity index (χ0v) is 20.2. The van der Waals surface area contributed by atoms with E-state index in [4.69, 9.17) is 11.6 Å². The van der Waals surface area contributed by atoms with Crippen molar-refractivity contribution in [3.05, 3.63) is 28.9 Å². The smallest absolute Gasteiger partial charge is 0.252 e. The summed E-state index contributed by atoms with van der Waals surface area (Å²) in [6.07, 6.45) is 4.78. The van der Waals surface area contributed by atoms with E-state index < -0.39 is 25.6 Å². The van der Waals surface area contributed by atoms with Gasteiger partial charge in [0.15, 0.2) is 19.7 Å². The van der Waals surface area contributed by atoms with Crippen LogP contribution in [0.25, 0.3) is 21.9 Å². The number of carbonyl (C=O) groups excluding carboxylic acids is 1. The lowest BCUT2D eigenvalue weighted by Gasteiger charge is -2.29. The summed E-state index contributed by atoms with van der Waals surface area (Å²) in [5.74, 6) is -0.521. The van der Waals surface area contributed by atoms with Gasteiger partial charge in [0.25, 0.3) is 5.91 Å². The van der Waals surface area contributed by atoms with E-state index in [0.717, 1.165) is 38.4 Å². The molecule has 1 aliphatic rings. The molecule has 9 nitrogen and oxygen atoms in total. The third-order valence-electron chi connectivity index (χ3n) is 5.70. The summed E-state index contributed by atoms with van der Waals surface area (Å²) in [4.78, 5) is 22.1. The number of amides is 1. The number of halogens is 1. The molecular weight excluding hydrogens is 476 g/mol. The van der Waals surface area contributed by atoms with Crippen LogP contribution in [0.15, 0.2) is 28.1 Å². The number of pyridine rings is 1. The second-order valence-electron chi connectivity index (χ2n) is 8.27. The fourth-order valence-corrected chi connectivity index (χ4v) is 6.00. The number of H-pyrrole nitrogens is 1. The number of sulfone groups is 2. The maximum atomic E-state index is 13.1. The Kier molecular flexibility index (Phi) is 5.73. The van der Waals surface area contributed by atoms with Crippen molar-refractivity contribution in [2.75, 3.05) is 32.6 Å². The SMILES string of the molecule is CN1CCC(NC(=O)c2cc(Cl)c3c([nH]c4ncc(S(C)(=O)=O)cc43)c2S(C)(=O)=O)CC1. The van der Waals surface area contributed by atoms with Crippen LogP contribution in [0.4, 0.5) is 0 Å². The molecule has 1 saturated heterocycles. The van der Waals surface area contributed by atoms with Gasteiger partial charge in [-0.15, -0.1) is 0 Å². The number of likely N-dealkylation sites (tertiary alicyclic amines) is 1. The molecule has 4 rings (SSSR count). The van der Waals surface area contributed by atoms with E-state index in [1.165, 1.54) is 18.3 Å². The molecule has 0 aliphatic carbocycles. The van der Waals surface area contributed by atoms with Crippen molar-refractivity contribution in [3.63, 3.8) is 0 Å². The topological polar surface area (TPSA) is 129 Å². The minimum atomic E-state index is -3.86. The van der Waals surface area contributed by atoms with Crippen LogP contribution < -0.4 is 5.32 Å². The normalized spacial score (nSPS) is 16.6. The summed E-state index contributed by atoms with van der Waals surface area (Å²) in [5, 5.41) is 3.71. The average molecular weight is 499 g/mol. The zero-order chi connectivity index (χ0) is 23.4. The molecule has 0 bridgehead atoms. The van der Waals surface area contributed by atoms with Crippen LogP contribution in [0.2, 0.25) is 5.02 Å². The molecule has 0 saturated carbocycles. The molecule has 3 aromatic rings. The Balaban J connectivity index is 1.91. The van der Waals surface area contributed by atoms with Crippen LogP contribution in [0.3, 0.4) is 0 Å². The number of fused-ring (bicyclic) bond motifs is 3. The van der Waals surface area contributed by atoms with E-state index in [9.17, 15) is 21.6 Å². The van der Waals surface area contributed by atoms with Crippen LogP contribution in [-0.4, -0.2) is 76.3 Å². The third-order valence-corrected chi connectivity index (χ3v) is 8.25. The Hall–Kier alpha value is -2.21. The quantitative estimate of drug-likeness (QED) is 0.562. The van der Waals surface area contributed by atoms with Crippen molar-refractivity contribution < 1.29 is 21.6 Å². The molecule has 32 heavy (non-hydrogen) atoms. The van der Waals surface area contributed by atoms with E-state index in [1.54, 1.807) is 0 Å². The molecule has 1 aliphatic heterocycles. The van der Waals surface area contributed by atoms with Gasteiger partial charge in [0.2, 0.25) is 0 Å². The molecule has 0 spiro atoms. The third kappa shape index (κ3) is 4.21. The fraction of sp³-hybridized carbons (Fsp3) is 0.400. The maximum absolute atomic E-state index is 13.1. The van der Waals surface area contributed by atoms with Gasteiger partial charge in [-0.2, -0.15) is 0 Å². The second-order valence-corrected chi connectivity index (χ2v) is 12.6. The second kappa shape index (κ2) is 7.98. The van der Waals surface area contributed by atoms with Gasteiger partial charge in [0.1, 0.15) is 10.5 Å². The number of benzene rings is 1. The van der Waals surface area contributed by atoms with Crippen LogP contribution in [0.1, 0.15) is 23.2 Å². The Labute approximate surface area is 191 Å². The summed E-state index contributed by atoms with van der Waals surface area (Å²) >= 11 is 6.50. The number of aromatic nitrogens is 2. The lowest BCUT2D eigenvalue weighted by Crippen LogP contribution is -2.43. The molecule has 1 aromatic carbocycles. The van der Waals surface area contributed by atoms with Crippen LogP contribution in [-0.2, 0) is 19.7 Å². The Morgan fingerprint density at radius 2 is 1.81 bits per heavy atom. The largest absolute Gasteiger partial charge is 0.349 e. The highest BCUT2D eigenvalue weighted by Crippen LogP contribution is 2.37. The molecule has 3 heterocycles. The summed E-state index contributed by atoms with van der Waals surface area (Å²) in [7, 11) is -5.40. The molecule has 2 aromatic heterocycles. The Morgan fingerprint density at radius 3 is 2.41 bits per heavy atom. The number of piperidine rings is 1. The number of nitrogens with one attached hydrogen (secondary N) is 2. The van der Waals surface area contributed by atoms with Gasteiger partial charge >= 0.3 is 0 Å². The first-order valence-corrected chi connectivity index (χ1v) is 14.1. The molecule has 0 radical (unpaired) electrons. The molecule has 0 unspecified atom stereocenters. The number of nitrogens with zero attached hydrogens (tertiary/aromatic N) is 2. The lowest BCUT2D eigenvalue weighted by molar-refractivity contribution is 0.0913. The van der Waals surface area contributed by atoms with E-state index in [-0.39, 0.29) is 37.6 Å². The first kappa shape index (κ1) is 23.0. The monoisotopic (exact) mass is 498 g/mol.